The highest BCUT2D eigenvalue weighted by Crippen LogP contribution is 2.23. The Hall–Kier alpha value is -2.16. The van der Waals surface area contributed by atoms with Gasteiger partial charge < -0.3 is 4.74 Å². The van der Waals surface area contributed by atoms with E-state index in [1.54, 1.807) is 6.92 Å². The number of ether oxygens (including phenoxy) is 1. The second-order valence-corrected chi connectivity index (χ2v) is 4.58. The highest BCUT2D eigenvalue weighted by atomic mass is 16.5. The molecule has 104 valence electrons. The summed E-state index contributed by atoms with van der Waals surface area (Å²) < 4.78 is 5.06. The van der Waals surface area contributed by atoms with Crippen LogP contribution in [0.1, 0.15) is 35.5 Å². The molecule has 3 heteroatoms. The molecular formula is C17H19NO2. The molecule has 1 aromatic heterocycles. The first kappa shape index (κ1) is 14.3. The molecule has 1 aromatic carbocycles. The number of aryl methyl sites for hydroxylation is 2. The van der Waals surface area contributed by atoms with E-state index in [1.165, 1.54) is 5.56 Å². The van der Waals surface area contributed by atoms with Crippen LogP contribution in [-0.2, 0) is 11.2 Å². The maximum Gasteiger partial charge on any atom is 0.339 e. The quantitative estimate of drug-likeness (QED) is 0.793. The van der Waals surface area contributed by atoms with Gasteiger partial charge in [-0.2, -0.15) is 0 Å². The van der Waals surface area contributed by atoms with Gasteiger partial charge in [0.15, 0.2) is 0 Å². The van der Waals surface area contributed by atoms with Crippen molar-refractivity contribution < 1.29 is 9.53 Å². The van der Waals surface area contributed by atoms with Crippen LogP contribution in [0.4, 0.5) is 0 Å². The highest BCUT2D eigenvalue weighted by molar-refractivity contribution is 5.91. The summed E-state index contributed by atoms with van der Waals surface area (Å²) >= 11 is 0. The van der Waals surface area contributed by atoms with Crippen molar-refractivity contribution >= 4 is 5.97 Å². The van der Waals surface area contributed by atoms with Crippen molar-refractivity contribution in [3.05, 3.63) is 53.2 Å². The van der Waals surface area contributed by atoms with Crippen molar-refractivity contribution in [3.63, 3.8) is 0 Å². The summed E-state index contributed by atoms with van der Waals surface area (Å²) in [7, 11) is 0. The molecule has 0 aliphatic carbocycles. The van der Waals surface area contributed by atoms with E-state index in [0.717, 1.165) is 17.0 Å². The van der Waals surface area contributed by atoms with Crippen molar-refractivity contribution in [3.8, 4) is 11.3 Å². The van der Waals surface area contributed by atoms with Gasteiger partial charge in [-0.3, -0.25) is 4.98 Å². The molecule has 3 nitrogen and oxygen atoms in total. The third kappa shape index (κ3) is 2.87. The van der Waals surface area contributed by atoms with E-state index in [-0.39, 0.29) is 5.97 Å². The number of esters is 1. The number of carbonyl (C=O) groups is 1. The normalized spacial score (nSPS) is 10.3. The lowest BCUT2D eigenvalue weighted by Gasteiger charge is -2.10. The number of aromatic nitrogens is 1. The Morgan fingerprint density at radius 2 is 1.90 bits per heavy atom. The van der Waals surface area contributed by atoms with Gasteiger partial charge in [0.1, 0.15) is 0 Å². The maximum absolute atomic E-state index is 11.9. The summed E-state index contributed by atoms with van der Waals surface area (Å²) in [5.41, 5.74) is 4.51. The van der Waals surface area contributed by atoms with Crippen LogP contribution in [0.2, 0.25) is 0 Å². The topological polar surface area (TPSA) is 39.2 Å². The van der Waals surface area contributed by atoms with Crippen molar-refractivity contribution in [1.82, 2.24) is 4.98 Å². The second-order valence-electron chi connectivity index (χ2n) is 4.58. The molecule has 0 atom stereocenters. The average molecular weight is 269 g/mol. The lowest BCUT2D eigenvalue weighted by atomic mass is 10.0. The van der Waals surface area contributed by atoms with E-state index in [9.17, 15) is 4.79 Å². The van der Waals surface area contributed by atoms with Crippen LogP contribution in [0.5, 0.6) is 0 Å². The fourth-order valence-electron chi connectivity index (χ4n) is 2.18. The molecule has 0 aliphatic rings. The zero-order valence-corrected chi connectivity index (χ0v) is 12.1. The van der Waals surface area contributed by atoms with Crippen LogP contribution in [0.3, 0.4) is 0 Å². The molecule has 2 rings (SSSR count). The first-order chi connectivity index (χ1) is 9.67. The SMILES string of the molecule is CCOC(=O)c1ccc(-c2ccccc2C)nc1CC. The molecular weight excluding hydrogens is 250 g/mol. The summed E-state index contributed by atoms with van der Waals surface area (Å²) in [5.74, 6) is -0.298. The molecule has 2 aromatic rings. The van der Waals surface area contributed by atoms with Crippen molar-refractivity contribution in [2.75, 3.05) is 6.61 Å². The van der Waals surface area contributed by atoms with Gasteiger partial charge in [-0.1, -0.05) is 31.2 Å². The van der Waals surface area contributed by atoms with E-state index in [0.29, 0.717) is 18.6 Å². The largest absolute Gasteiger partial charge is 0.462 e. The molecule has 0 amide bonds. The highest BCUT2D eigenvalue weighted by Gasteiger charge is 2.14. The minimum absolute atomic E-state index is 0.298. The Labute approximate surface area is 119 Å². The van der Waals surface area contributed by atoms with Crippen LogP contribution in [0, 0.1) is 6.92 Å². The molecule has 0 fully saturated rings. The van der Waals surface area contributed by atoms with Gasteiger partial charge in [0.25, 0.3) is 0 Å². The molecule has 0 aliphatic heterocycles. The van der Waals surface area contributed by atoms with Crippen LogP contribution in [0.25, 0.3) is 11.3 Å². The fraction of sp³-hybridized carbons (Fsp3) is 0.294. The van der Waals surface area contributed by atoms with Gasteiger partial charge in [-0.25, -0.2) is 4.79 Å². The Morgan fingerprint density at radius 3 is 2.55 bits per heavy atom. The summed E-state index contributed by atoms with van der Waals surface area (Å²) in [6.45, 7) is 6.23. The van der Waals surface area contributed by atoms with Gasteiger partial charge in [0.05, 0.1) is 23.6 Å². The third-order valence-electron chi connectivity index (χ3n) is 3.23. The average Bonchev–Trinajstić information content (AvgIpc) is 2.47. The van der Waals surface area contributed by atoms with E-state index in [4.69, 9.17) is 4.74 Å². The minimum Gasteiger partial charge on any atom is -0.462 e. The summed E-state index contributed by atoms with van der Waals surface area (Å²) in [4.78, 5) is 16.5. The number of carbonyl (C=O) groups excluding carboxylic acids is 1. The third-order valence-corrected chi connectivity index (χ3v) is 3.23. The maximum atomic E-state index is 11.9. The molecule has 0 saturated heterocycles. The summed E-state index contributed by atoms with van der Waals surface area (Å²) in [6.07, 6.45) is 0.702. The zero-order valence-electron chi connectivity index (χ0n) is 12.1. The monoisotopic (exact) mass is 269 g/mol. The molecule has 0 spiro atoms. The fourth-order valence-corrected chi connectivity index (χ4v) is 2.18. The zero-order chi connectivity index (χ0) is 14.5. The molecule has 0 bridgehead atoms. The van der Waals surface area contributed by atoms with Gasteiger partial charge >= 0.3 is 5.97 Å². The number of pyridine rings is 1. The van der Waals surface area contributed by atoms with Gasteiger partial charge in [0.2, 0.25) is 0 Å². The van der Waals surface area contributed by atoms with E-state index in [1.807, 2.05) is 37.3 Å². The smallest absolute Gasteiger partial charge is 0.339 e. The van der Waals surface area contributed by atoms with E-state index < -0.39 is 0 Å². The van der Waals surface area contributed by atoms with Crippen LogP contribution >= 0.6 is 0 Å². The number of hydrogen-bond donors (Lipinski definition) is 0. The number of rotatable bonds is 4. The molecule has 20 heavy (non-hydrogen) atoms. The van der Waals surface area contributed by atoms with Gasteiger partial charge in [0, 0.05) is 5.56 Å². The molecule has 0 N–H and O–H groups in total. The summed E-state index contributed by atoms with van der Waals surface area (Å²) in [5, 5.41) is 0. The number of nitrogens with zero attached hydrogens (tertiary/aromatic N) is 1. The van der Waals surface area contributed by atoms with E-state index in [2.05, 4.69) is 18.0 Å². The van der Waals surface area contributed by atoms with Gasteiger partial charge in [-0.05, 0) is 38.0 Å². The Morgan fingerprint density at radius 1 is 1.15 bits per heavy atom. The predicted octanol–water partition coefficient (Wildman–Crippen LogP) is 3.80. The first-order valence-electron chi connectivity index (χ1n) is 6.90. The second kappa shape index (κ2) is 6.33. The lowest BCUT2D eigenvalue weighted by Crippen LogP contribution is -2.09. The van der Waals surface area contributed by atoms with Crippen LogP contribution < -0.4 is 0 Å². The molecule has 0 unspecified atom stereocenters. The number of hydrogen-bond acceptors (Lipinski definition) is 3. The van der Waals surface area contributed by atoms with Crippen LogP contribution in [-0.4, -0.2) is 17.6 Å². The van der Waals surface area contributed by atoms with E-state index >= 15 is 0 Å². The predicted molar refractivity (Wildman–Crippen MR) is 79.7 cm³/mol. The number of benzene rings is 1. The lowest BCUT2D eigenvalue weighted by molar-refractivity contribution is 0.0524. The molecule has 0 radical (unpaired) electrons. The van der Waals surface area contributed by atoms with Crippen molar-refractivity contribution in [2.45, 2.75) is 27.2 Å². The standard InChI is InChI=1S/C17H19NO2/c1-4-15-14(17(19)20-5-2)10-11-16(18-15)13-9-7-6-8-12(13)3/h6-11H,4-5H2,1-3H3. The van der Waals surface area contributed by atoms with Gasteiger partial charge in [-0.15, -0.1) is 0 Å². The molecule has 1 heterocycles. The Kier molecular flexibility index (Phi) is 4.51. The molecule has 0 saturated carbocycles. The summed E-state index contributed by atoms with van der Waals surface area (Å²) in [6, 6.07) is 11.8. The minimum atomic E-state index is -0.298. The Balaban J connectivity index is 2.45. The van der Waals surface area contributed by atoms with Crippen molar-refractivity contribution in [1.29, 1.82) is 0 Å². The Bertz CT molecular complexity index is 620. The first-order valence-corrected chi connectivity index (χ1v) is 6.90. The van der Waals surface area contributed by atoms with Crippen molar-refractivity contribution in [2.24, 2.45) is 0 Å². The van der Waals surface area contributed by atoms with Crippen LogP contribution in [0.15, 0.2) is 36.4 Å².